The zero-order valence-electron chi connectivity index (χ0n) is 10.6. The fourth-order valence-electron chi connectivity index (χ4n) is 1.47. The van der Waals surface area contributed by atoms with Crippen molar-refractivity contribution in [3.05, 3.63) is 29.6 Å². The molecule has 0 saturated heterocycles. The molecule has 0 aliphatic rings. The molecule has 1 aromatic carbocycles. The van der Waals surface area contributed by atoms with Gasteiger partial charge in [0.05, 0.1) is 11.3 Å². The summed E-state index contributed by atoms with van der Waals surface area (Å²) in [6.45, 7) is 2.48. The van der Waals surface area contributed by atoms with Gasteiger partial charge in [0, 0.05) is 6.92 Å². The van der Waals surface area contributed by atoms with Crippen LogP contribution in [-0.4, -0.2) is 17.9 Å². The van der Waals surface area contributed by atoms with E-state index in [-0.39, 0.29) is 0 Å². The second-order valence-electron chi connectivity index (χ2n) is 4.10. The Balaban J connectivity index is 2.98. The topological polar surface area (TPSA) is 58.2 Å². The molecule has 0 spiro atoms. The van der Waals surface area contributed by atoms with Crippen LogP contribution in [-0.2, 0) is 15.8 Å². The number of nitrogens with one attached hydrogen (secondary N) is 2. The first kappa shape index (κ1) is 15.9. The van der Waals surface area contributed by atoms with Crippen molar-refractivity contribution in [1.29, 1.82) is 0 Å². The van der Waals surface area contributed by atoms with Gasteiger partial charge < -0.3 is 10.6 Å². The van der Waals surface area contributed by atoms with Gasteiger partial charge in [-0.15, -0.1) is 0 Å². The number of hydrogen-bond acceptors (Lipinski definition) is 2. The summed E-state index contributed by atoms with van der Waals surface area (Å²) in [6.07, 6.45) is -4.80. The predicted molar refractivity (Wildman–Crippen MR) is 63.3 cm³/mol. The molecule has 20 heavy (non-hydrogen) atoms. The first-order chi connectivity index (χ1) is 9.11. The van der Waals surface area contributed by atoms with E-state index in [9.17, 15) is 27.2 Å². The summed E-state index contributed by atoms with van der Waals surface area (Å²) < 4.78 is 51.0. The molecule has 0 saturated carbocycles. The Bertz CT molecular complexity index is 529. The number of benzene rings is 1. The van der Waals surface area contributed by atoms with Crippen LogP contribution in [0.5, 0.6) is 0 Å². The first-order valence-electron chi connectivity index (χ1n) is 5.56. The number of anilines is 1. The van der Waals surface area contributed by atoms with E-state index in [1.165, 1.54) is 13.8 Å². The van der Waals surface area contributed by atoms with E-state index in [4.69, 9.17) is 0 Å². The molecule has 0 aliphatic heterocycles. The largest absolute Gasteiger partial charge is 0.418 e. The average Bonchev–Trinajstić information content (AvgIpc) is 2.29. The van der Waals surface area contributed by atoms with Crippen molar-refractivity contribution < 1.29 is 27.2 Å². The van der Waals surface area contributed by atoms with Crippen molar-refractivity contribution >= 4 is 17.5 Å². The molecule has 0 fully saturated rings. The molecule has 1 aromatic rings. The third kappa shape index (κ3) is 4.22. The van der Waals surface area contributed by atoms with Crippen molar-refractivity contribution in [3.8, 4) is 0 Å². The lowest BCUT2D eigenvalue weighted by atomic mass is 10.1. The molecule has 2 N–H and O–H groups in total. The number of hydrogen-bond donors (Lipinski definition) is 2. The standard InChI is InChI=1S/C12H12F4N2O2/c1-6(17-7(2)19)11(20)18-10-4-3-8(13)5-9(10)12(14,15)16/h3-6H,1-2H3,(H,17,19)(H,18,20). The molecular formula is C12H12F4N2O2. The van der Waals surface area contributed by atoms with Crippen molar-refractivity contribution in [2.24, 2.45) is 0 Å². The highest BCUT2D eigenvalue weighted by Crippen LogP contribution is 2.35. The van der Waals surface area contributed by atoms with Crippen LogP contribution in [0.3, 0.4) is 0 Å². The SMILES string of the molecule is CC(=O)NC(C)C(=O)Nc1ccc(F)cc1C(F)(F)F. The normalized spacial score (nSPS) is 12.7. The van der Waals surface area contributed by atoms with Gasteiger partial charge in [0.15, 0.2) is 0 Å². The number of halogens is 4. The van der Waals surface area contributed by atoms with Crippen LogP contribution in [0.15, 0.2) is 18.2 Å². The van der Waals surface area contributed by atoms with E-state index in [0.717, 1.165) is 12.1 Å². The number of alkyl halides is 3. The summed E-state index contributed by atoms with van der Waals surface area (Å²) in [5, 5.41) is 4.24. The van der Waals surface area contributed by atoms with Crippen LogP contribution >= 0.6 is 0 Å². The van der Waals surface area contributed by atoms with Crippen LogP contribution in [0.1, 0.15) is 19.4 Å². The smallest absolute Gasteiger partial charge is 0.345 e. The van der Waals surface area contributed by atoms with Crippen LogP contribution in [0.4, 0.5) is 23.2 Å². The Hall–Kier alpha value is -2.12. The predicted octanol–water partition coefficient (Wildman–Crippen LogP) is 2.31. The monoisotopic (exact) mass is 292 g/mol. The summed E-state index contributed by atoms with van der Waals surface area (Å²) in [7, 11) is 0. The molecule has 8 heteroatoms. The van der Waals surface area contributed by atoms with Crippen molar-refractivity contribution in [1.82, 2.24) is 5.32 Å². The molecule has 0 bridgehead atoms. The van der Waals surface area contributed by atoms with Crippen LogP contribution in [0.2, 0.25) is 0 Å². The van der Waals surface area contributed by atoms with E-state index in [1.807, 2.05) is 5.32 Å². The minimum atomic E-state index is -4.80. The maximum Gasteiger partial charge on any atom is 0.418 e. The molecule has 1 unspecified atom stereocenters. The molecule has 4 nitrogen and oxygen atoms in total. The maximum atomic E-state index is 12.9. The Labute approximate surface area is 112 Å². The molecule has 0 aliphatic carbocycles. The van der Waals surface area contributed by atoms with Crippen molar-refractivity contribution in [3.63, 3.8) is 0 Å². The quantitative estimate of drug-likeness (QED) is 0.840. The fourth-order valence-corrected chi connectivity index (χ4v) is 1.47. The summed E-state index contributed by atoms with van der Waals surface area (Å²) in [4.78, 5) is 22.4. The molecule has 2 amide bonds. The highest BCUT2D eigenvalue weighted by molar-refractivity contribution is 5.97. The van der Waals surface area contributed by atoms with Gasteiger partial charge in [-0.05, 0) is 25.1 Å². The average molecular weight is 292 g/mol. The molecular weight excluding hydrogens is 280 g/mol. The van der Waals surface area contributed by atoms with Gasteiger partial charge in [-0.2, -0.15) is 13.2 Å². The summed E-state index contributed by atoms with van der Waals surface area (Å²) in [5.74, 6) is -2.40. The first-order valence-corrected chi connectivity index (χ1v) is 5.56. The summed E-state index contributed by atoms with van der Waals surface area (Å²) >= 11 is 0. The second kappa shape index (κ2) is 5.89. The Kier molecular flexibility index (Phi) is 4.69. The van der Waals surface area contributed by atoms with Crippen LogP contribution in [0, 0.1) is 5.82 Å². The van der Waals surface area contributed by atoms with Gasteiger partial charge in [0.1, 0.15) is 11.9 Å². The highest BCUT2D eigenvalue weighted by atomic mass is 19.4. The van der Waals surface area contributed by atoms with Crippen LogP contribution < -0.4 is 10.6 Å². The number of carbonyl (C=O) groups excluding carboxylic acids is 2. The molecule has 1 rings (SSSR count). The molecule has 0 heterocycles. The third-order valence-electron chi connectivity index (χ3n) is 2.36. The van der Waals surface area contributed by atoms with Gasteiger partial charge in [-0.3, -0.25) is 9.59 Å². The van der Waals surface area contributed by atoms with Crippen molar-refractivity contribution in [2.45, 2.75) is 26.1 Å². The number of carbonyl (C=O) groups is 2. The Morgan fingerprint density at radius 1 is 1.25 bits per heavy atom. The van der Waals surface area contributed by atoms with E-state index in [2.05, 4.69) is 5.32 Å². The van der Waals surface area contributed by atoms with E-state index in [0.29, 0.717) is 6.07 Å². The Morgan fingerprint density at radius 2 is 1.85 bits per heavy atom. The minimum absolute atomic E-state index is 0.290. The summed E-state index contributed by atoms with van der Waals surface area (Å²) in [6, 6.07) is 0.891. The highest BCUT2D eigenvalue weighted by Gasteiger charge is 2.34. The molecule has 0 radical (unpaired) electrons. The zero-order valence-corrected chi connectivity index (χ0v) is 10.6. The fraction of sp³-hybridized carbons (Fsp3) is 0.333. The maximum absolute atomic E-state index is 12.9. The Morgan fingerprint density at radius 3 is 2.35 bits per heavy atom. The lowest BCUT2D eigenvalue weighted by molar-refractivity contribution is -0.137. The lowest BCUT2D eigenvalue weighted by Crippen LogP contribution is -2.40. The molecule has 110 valence electrons. The minimum Gasteiger partial charge on any atom is -0.345 e. The molecule has 1 atom stereocenters. The molecule has 0 aromatic heterocycles. The third-order valence-corrected chi connectivity index (χ3v) is 2.36. The number of rotatable bonds is 3. The van der Waals surface area contributed by atoms with Crippen LogP contribution in [0.25, 0.3) is 0 Å². The van der Waals surface area contributed by atoms with Gasteiger partial charge in [0.2, 0.25) is 11.8 Å². The zero-order chi connectivity index (χ0) is 15.5. The van der Waals surface area contributed by atoms with Crippen molar-refractivity contribution in [2.75, 3.05) is 5.32 Å². The van der Waals surface area contributed by atoms with E-state index < -0.39 is 41.1 Å². The van der Waals surface area contributed by atoms with Gasteiger partial charge >= 0.3 is 6.18 Å². The number of amides is 2. The van der Waals surface area contributed by atoms with Gasteiger partial charge in [0.25, 0.3) is 0 Å². The van der Waals surface area contributed by atoms with E-state index >= 15 is 0 Å². The van der Waals surface area contributed by atoms with E-state index in [1.54, 1.807) is 0 Å². The second-order valence-corrected chi connectivity index (χ2v) is 4.10. The lowest BCUT2D eigenvalue weighted by Gasteiger charge is -2.16. The van der Waals surface area contributed by atoms with Gasteiger partial charge in [-0.25, -0.2) is 4.39 Å². The summed E-state index contributed by atoms with van der Waals surface area (Å²) in [5.41, 5.74) is -1.86. The van der Waals surface area contributed by atoms with Gasteiger partial charge in [-0.1, -0.05) is 0 Å².